The van der Waals surface area contributed by atoms with Crippen LogP contribution in [0.2, 0.25) is 0 Å². The Morgan fingerprint density at radius 1 is 1.03 bits per heavy atom. The number of anilines is 2. The molecular weight excluding hydrogens is 434 g/mol. The van der Waals surface area contributed by atoms with Crippen molar-refractivity contribution < 1.29 is 21.6 Å². The summed E-state index contributed by atoms with van der Waals surface area (Å²) in [6, 6.07) is 13.6. The molecule has 0 bridgehead atoms. The van der Waals surface area contributed by atoms with E-state index in [-0.39, 0.29) is 20.6 Å². The molecule has 1 heterocycles. The van der Waals surface area contributed by atoms with Crippen LogP contribution in [-0.2, 0) is 24.7 Å². The fourth-order valence-electron chi connectivity index (χ4n) is 2.53. The van der Waals surface area contributed by atoms with Crippen molar-refractivity contribution in [3.05, 3.63) is 66.2 Å². The Bertz CT molecular complexity index is 1210. The lowest BCUT2D eigenvalue weighted by molar-refractivity contribution is -0.114. The van der Waals surface area contributed by atoms with E-state index in [0.29, 0.717) is 0 Å². The number of amides is 1. The van der Waals surface area contributed by atoms with Gasteiger partial charge in [0.2, 0.25) is 5.91 Å². The zero-order valence-electron chi connectivity index (χ0n) is 15.2. The summed E-state index contributed by atoms with van der Waals surface area (Å²) in [6.45, 7) is -0.567. The molecule has 0 fully saturated rings. The molecule has 0 unspecified atom stereocenters. The van der Waals surface area contributed by atoms with E-state index in [0.717, 1.165) is 21.9 Å². The third-order valence-electron chi connectivity index (χ3n) is 3.81. The van der Waals surface area contributed by atoms with Gasteiger partial charge in [0.25, 0.3) is 10.0 Å². The molecule has 0 radical (unpaired) electrons. The van der Waals surface area contributed by atoms with Crippen LogP contribution in [0, 0.1) is 0 Å². The predicted octanol–water partition coefficient (Wildman–Crippen LogP) is 2.38. The number of aromatic nitrogens is 1. The highest BCUT2D eigenvalue weighted by Crippen LogP contribution is 2.26. The monoisotopic (exact) mass is 451 g/mol. The molecule has 0 atom stereocenters. The molecule has 8 nitrogen and oxygen atoms in total. The first kappa shape index (κ1) is 21.0. The average molecular weight is 452 g/mol. The zero-order valence-corrected chi connectivity index (χ0v) is 17.7. The molecule has 2 aromatic carbocycles. The number of hydrogen-bond acceptors (Lipinski definition) is 7. The van der Waals surface area contributed by atoms with Crippen molar-refractivity contribution >= 4 is 47.9 Å². The molecule has 11 heteroatoms. The van der Waals surface area contributed by atoms with Gasteiger partial charge in [0, 0.05) is 17.8 Å². The normalized spacial score (nSPS) is 11.8. The van der Waals surface area contributed by atoms with Gasteiger partial charge in [-0.25, -0.2) is 26.1 Å². The Hall–Kier alpha value is -2.76. The molecule has 0 spiro atoms. The predicted molar refractivity (Wildman–Crippen MR) is 111 cm³/mol. The van der Waals surface area contributed by atoms with E-state index >= 15 is 0 Å². The summed E-state index contributed by atoms with van der Waals surface area (Å²) in [5.41, 5.74) is 0.0798. The van der Waals surface area contributed by atoms with Crippen LogP contribution in [0.15, 0.2) is 76.0 Å². The maximum Gasteiger partial charge on any atom is 0.266 e. The maximum atomic E-state index is 13.1. The summed E-state index contributed by atoms with van der Waals surface area (Å²) in [6.07, 6.45) is 2.46. The Morgan fingerprint density at radius 2 is 1.69 bits per heavy atom. The van der Waals surface area contributed by atoms with Gasteiger partial charge in [-0.1, -0.05) is 30.3 Å². The van der Waals surface area contributed by atoms with Crippen molar-refractivity contribution in [2.75, 3.05) is 22.4 Å². The van der Waals surface area contributed by atoms with Crippen LogP contribution in [-0.4, -0.2) is 40.5 Å². The summed E-state index contributed by atoms with van der Waals surface area (Å²) in [4.78, 5) is 16.6. The van der Waals surface area contributed by atoms with Crippen LogP contribution in [0.3, 0.4) is 0 Å². The second kappa shape index (κ2) is 8.31. The summed E-state index contributed by atoms with van der Waals surface area (Å²) >= 11 is 1.07. The molecule has 1 aromatic heterocycles. The van der Waals surface area contributed by atoms with Gasteiger partial charge in [0.1, 0.15) is 6.54 Å². The van der Waals surface area contributed by atoms with E-state index in [1.807, 2.05) is 0 Å². The molecule has 0 aliphatic carbocycles. The van der Waals surface area contributed by atoms with E-state index in [2.05, 4.69) is 10.3 Å². The largest absolute Gasteiger partial charge is 0.323 e. The molecule has 0 saturated heterocycles. The Morgan fingerprint density at radius 3 is 2.31 bits per heavy atom. The number of benzene rings is 2. The zero-order chi connectivity index (χ0) is 21.1. The fourth-order valence-corrected chi connectivity index (χ4v) is 5.64. The van der Waals surface area contributed by atoms with Gasteiger partial charge in [-0.2, -0.15) is 0 Å². The first-order valence-corrected chi connectivity index (χ1v) is 12.5. The Balaban J connectivity index is 1.92. The number of para-hydroxylation sites is 1. The highest BCUT2D eigenvalue weighted by Gasteiger charge is 2.29. The minimum atomic E-state index is -4.05. The SMILES string of the molecule is CS(=O)(=O)c1ccccc1NC(=O)CN(c1nccs1)S(=O)(=O)c1ccccc1. The standard InChI is InChI=1S/C18H17N3O5S3/c1-28(23,24)16-10-6-5-9-15(16)20-17(22)13-21(18-19-11-12-27-18)29(25,26)14-7-3-2-4-8-14/h2-12H,13H2,1H3,(H,20,22). The summed E-state index contributed by atoms with van der Waals surface area (Å²) in [5, 5.41) is 4.21. The van der Waals surface area contributed by atoms with Crippen molar-refractivity contribution in [2.24, 2.45) is 0 Å². The minimum Gasteiger partial charge on any atom is -0.323 e. The quantitative estimate of drug-likeness (QED) is 0.590. The van der Waals surface area contributed by atoms with Gasteiger partial charge in [0.15, 0.2) is 15.0 Å². The van der Waals surface area contributed by atoms with Crippen molar-refractivity contribution in [1.82, 2.24) is 4.98 Å². The van der Waals surface area contributed by atoms with Crippen molar-refractivity contribution in [2.45, 2.75) is 9.79 Å². The lowest BCUT2D eigenvalue weighted by Crippen LogP contribution is -2.38. The topological polar surface area (TPSA) is 114 Å². The first-order valence-electron chi connectivity index (χ1n) is 8.26. The average Bonchev–Trinajstić information content (AvgIpc) is 3.20. The van der Waals surface area contributed by atoms with Crippen LogP contribution >= 0.6 is 11.3 Å². The van der Waals surface area contributed by atoms with E-state index in [9.17, 15) is 21.6 Å². The molecule has 152 valence electrons. The van der Waals surface area contributed by atoms with Gasteiger partial charge in [-0.05, 0) is 24.3 Å². The van der Waals surface area contributed by atoms with Crippen LogP contribution in [0.25, 0.3) is 0 Å². The number of hydrogen-bond donors (Lipinski definition) is 1. The summed E-state index contributed by atoms with van der Waals surface area (Å²) < 4.78 is 50.9. The molecule has 0 aliphatic rings. The number of nitrogens with one attached hydrogen (secondary N) is 1. The van der Waals surface area contributed by atoms with E-state index in [4.69, 9.17) is 0 Å². The van der Waals surface area contributed by atoms with Crippen LogP contribution in [0.5, 0.6) is 0 Å². The third-order valence-corrected chi connectivity index (χ3v) is 7.63. The molecule has 0 aliphatic heterocycles. The molecule has 1 N–H and O–H groups in total. The smallest absolute Gasteiger partial charge is 0.266 e. The molecule has 0 saturated carbocycles. The Labute approximate surface area is 172 Å². The maximum absolute atomic E-state index is 13.1. The van der Waals surface area contributed by atoms with Crippen molar-refractivity contribution in [3.8, 4) is 0 Å². The number of rotatable bonds is 7. The highest BCUT2D eigenvalue weighted by molar-refractivity contribution is 7.93. The van der Waals surface area contributed by atoms with Gasteiger partial charge in [-0.15, -0.1) is 11.3 Å². The number of carbonyl (C=O) groups excluding carboxylic acids is 1. The van der Waals surface area contributed by atoms with Gasteiger partial charge < -0.3 is 5.32 Å². The number of thiazole rings is 1. The lowest BCUT2D eigenvalue weighted by Gasteiger charge is -2.21. The van der Waals surface area contributed by atoms with Gasteiger partial charge >= 0.3 is 0 Å². The first-order chi connectivity index (χ1) is 13.7. The van der Waals surface area contributed by atoms with E-state index in [1.54, 1.807) is 29.6 Å². The third kappa shape index (κ3) is 4.81. The van der Waals surface area contributed by atoms with Crippen LogP contribution < -0.4 is 9.62 Å². The second-order valence-electron chi connectivity index (χ2n) is 5.96. The van der Waals surface area contributed by atoms with Gasteiger partial charge in [0.05, 0.1) is 15.5 Å². The second-order valence-corrected chi connectivity index (χ2v) is 10.7. The number of nitrogens with zero attached hydrogens (tertiary/aromatic N) is 2. The fraction of sp³-hybridized carbons (Fsp3) is 0.111. The van der Waals surface area contributed by atoms with Crippen molar-refractivity contribution in [3.63, 3.8) is 0 Å². The summed E-state index contributed by atoms with van der Waals surface area (Å²) in [7, 11) is -7.63. The molecule has 3 aromatic rings. The lowest BCUT2D eigenvalue weighted by atomic mass is 10.3. The van der Waals surface area contributed by atoms with Gasteiger partial charge in [-0.3, -0.25) is 4.79 Å². The van der Waals surface area contributed by atoms with Crippen LogP contribution in [0.1, 0.15) is 0 Å². The highest BCUT2D eigenvalue weighted by atomic mass is 32.2. The molecule has 1 amide bonds. The molecular formula is C18H17N3O5S3. The number of carbonyl (C=O) groups is 1. The van der Waals surface area contributed by atoms with Crippen LogP contribution in [0.4, 0.5) is 10.8 Å². The van der Waals surface area contributed by atoms with E-state index in [1.165, 1.54) is 36.5 Å². The summed E-state index contributed by atoms with van der Waals surface area (Å²) in [5.74, 6) is -0.698. The number of sulfone groups is 1. The number of sulfonamides is 1. The molecule has 29 heavy (non-hydrogen) atoms. The van der Waals surface area contributed by atoms with Crippen molar-refractivity contribution in [1.29, 1.82) is 0 Å². The van der Waals surface area contributed by atoms with E-state index < -0.39 is 32.3 Å². The minimum absolute atomic E-state index is 0.0135. The Kier molecular flexibility index (Phi) is 6.01. The molecule has 3 rings (SSSR count).